The Morgan fingerprint density at radius 2 is 2.46 bits per heavy atom. The van der Waals surface area contributed by atoms with Crippen LogP contribution >= 0.6 is 0 Å². The molecular weight excluding hydrogens is 168 g/mol. The molecule has 1 aliphatic rings. The molecule has 70 valence electrons. The lowest BCUT2D eigenvalue weighted by molar-refractivity contribution is -0.141. The molecule has 4 heteroatoms. The van der Waals surface area contributed by atoms with E-state index in [1.807, 2.05) is 0 Å². The molecule has 0 aromatic heterocycles. The third-order valence-corrected chi connectivity index (χ3v) is 2.03. The smallest absolute Gasteiger partial charge is 0.319 e. The van der Waals surface area contributed by atoms with E-state index in [9.17, 15) is 4.79 Å². The van der Waals surface area contributed by atoms with Crippen LogP contribution < -0.4 is 0 Å². The average molecular weight is 180 g/mol. The predicted molar refractivity (Wildman–Crippen MR) is 46.8 cm³/mol. The predicted octanol–water partition coefficient (Wildman–Crippen LogP) is 1.62. The van der Waals surface area contributed by atoms with Crippen LogP contribution in [0.25, 0.3) is 0 Å². The van der Waals surface area contributed by atoms with Crippen LogP contribution in [0.4, 0.5) is 0 Å². The molecule has 1 atom stereocenters. The Balaban J connectivity index is 2.59. The molecule has 0 aromatic rings. The Bertz CT molecular complexity index is 265. The molecule has 1 unspecified atom stereocenters. The van der Waals surface area contributed by atoms with Crippen LogP contribution in [-0.4, -0.2) is 11.7 Å². The molecule has 0 amide bonds. The SMILES string of the molecule is CC(=O)ON=C1CCCCC1C#N. The molecule has 0 heterocycles. The summed E-state index contributed by atoms with van der Waals surface area (Å²) in [5, 5.41) is 12.4. The zero-order valence-electron chi connectivity index (χ0n) is 7.62. The van der Waals surface area contributed by atoms with E-state index in [1.54, 1.807) is 0 Å². The fraction of sp³-hybridized carbons (Fsp3) is 0.667. The number of nitrogens with zero attached hydrogens (tertiary/aromatic N) is 2. The van der Waals surface area contributed by atoms with Crippen molar-refractivity contribution in [1.82, 2.24) is 0 Å². The molecule has 1 rings (SSSR count). The number of oxime groups is 1. The average Bonchev–Trinajstić information content (AvgIpc) is 2.15. The summed E-state index contributed by atoms with van der Waals surface area (Å²) in [7, 11) is 0. The normalized spacial score (nSPS) is 25.2. The number of rotatable bonds is 1. The van der Waals surface area contributed by atoms with E-state index < -0.39 is 5.97 Å². The number of carbonyl (C=O) groups is 1. The summed E-state index contributed by atoms with van der Waals surface area (Å²) in [5.41, 5.74) is 0.712. The van der Waals surface area contributed by atoms with Gasteiger partial charge in [-0.25, -0.2) is 4.79 Å². The van der Waals surface area contributed by atoms with Crippen molar-refractivity contribution in [1.29, 1.82) is 5.26 Å². The molecular formula is C9H12N2O2. The van der Waals surface area contributed by atoms with Crippen LogP contribution in [0.2, 0.25) is 0 Å². The minimum absolute atomic E-state index is 0.159. The van der Waals surface area contributed by atoms with Gasteiger partial charge in [0.2, 0.25) is 0 Å². The van der Waals surface area contributed by atoms with Crippen molar-refractivity contribution in [2.75, 3.05) is 0 Å². The fourth-order valence-corrected chi connectivity index (χ4v) is 1.37. The number of carbonyl (C=O) groups excluding carboxylic acids is 1. The summed E-state index contributed by atoms with van der Waals surface area (Å²) in [6, 6.07) is 2.16. The fourth-order valence-electron chi connectivity index (χ4n) is 1.37. The van der Waals surface area contributed by atoms with Crippen LogP contribution in [0.1, 0.15) is 32.6 Å². The van der Waals surface area contributed by atoms with Gasteiger partial charge in [-0.2, -0.15) is 5.26 Å². The van der Waals surface area contributed by atoms with Gasteiger partial charge >= 0.3 is 5.97 Å². The Kier molecular flexibility index (Phi) is 3.44. The molecule has 0 aliphatic heterocycles. The van der Waals surface area contributed by atoms with E-state index in [0.717, 1.165) is 25.7 Å². The standard InChI is InChI=1S/C9H12N2O2/c1-7(12)13-11-9-5-3-2-4-8(9)6-10/h8H,2-5H2,1H3. The van der Waals surface area contributed by atoms with E-state index in [2.05, 4.69) is 16.1 Å². The lowest BCUT2D eigenvalue weighted by Crippen LogP contribution is -2.18. The van der Waals surface area contributed by atoms with Crippen molar-refractivity contribution in [3.8, 4) is 6.07 Å². The molecule has 4 nitrogen and oxygen atoms in total. The van der Waals surface area contributed by atoms with Gasteiger partial charge in [0.05, 0.1) is 17.7 Å². The molecule has 13 heavy (non-hydrogen) atoms. The van der Waals surface area contributed by atoms with Crippen LogP contribution in [-0.2, 0) is 9.63 Å². The third-order valence-electron chi connectivity index (χ3n) is 2.03. The van der Waals surface area contributed by atoms with E-state index in [4.69, 9.17) is 5.26 Å². The first kappa shape index (κ1) is 9.72. The summed E-state index contributed by atoms with van der Waals surface area (Å²) in [5.74, 6) is -0.595. The maximum atomic E-state index is 10.5. The molecule has 0 N–H and O–H groups in total. The molecule has 0 spiro atoms. The van der Waals surface area contributed by atoms with Crippen molar-refractivity contribution in [3.05, 3.63) is 0 Å². The zero-order valence-corrected chi connectivity index (χ0v) is 7.62. The first-order valence-electron chi connectivity index (χ1n) is 4.38. The maximum Gasteiger partial charge on any atom is 0.331 e. The minimum Gasteiger partial charge on any atom is -0.319 e. The lowest BCUT2D eigenvalue weighted by Gasteiger charge is -2.16. The van der Waals surface area contributed by atoms with E-state index in [0.29, 0.717) is 5.71 Å². The van der Waals surface area contributed by atoms with Crippen molar-refractivity contribution < 1.29 is 9.63 Å². The Morgan fingerprint density at radius 3 is 3.08 bits per heavy atom. The second-order valence-electron chi connectivity index (χ2n) is 3.09. The first-order chi connectivity index (χ1) is 6.24. The molecule has 1 fully saturated rings. The highest BCUT2D eigenvalue weighted by molar-refractivity contribution is 5.89. The molecule has 0 radical (unpaired) electrons. The van der Waals surface area contributed by atoms with Gasteiger partial charge in [0.1, 0.15) is 0 Å². The Morgan fingerprint density at radius 1 is 1.69 bits per heavy atom. The van der Waals surface area contributed by atoms with Gasteiger partial charge in [0.15, 0.2) is 0 Å². The highest BCUT2D eigenvalue weighted by atomic mass is 16.7. The quantitative estimate of drug-likeness (QED) is 0.455. The van der Waals surface area contributed by atoms with E-state index >= 15 is 0 Å². The second kappa shape index (κ2) is 4.61. The van der Waals surface area contributed by atoms with Crippen molar-refractivity contribution in [3.63, 3.8) is 0 Å². The highest BCUT2D eigenvalue weighted by Gasteiger charge is 2.20. The van der Waals surface area contributed by atoms with Gasteiger partial charge in [-0.3, -0.25) is 0 Å². The van der Waals surface area contributed by atoms with E-state index in [-0.39, 0.29) is 5.92 Å². The number of hydrogen-bond donors (Lipinski definition) is 0. The minimum atomic E-state index is -0.435. The van der Waals surface area contributed by atoms with Crippen molar-refractivity contribution >= 4 is 11.7 Å². The summed E-state index contributed by atoms with van der Waals surface area (Å²) in [6.45, 7) is 1.30. The largest absolute Gasteiger partial charge is 0.331 e. The topological polar surface area (TPSA) is 62.4 Å². The lowest BCUT2D eigenvalue weighted by atomic mass is 9.88. The maximum absolute atomic E-state index is 10.5. The van der Waals surface area contributed by atoms with Crippen LogP contribution in [0.5, 0.6) is 0 Å². The van der Waals surface area contributed by atoms with Gasteiger partial charge < -0.3 is 4.84 Å². The van der Waals surface area contributed by atoms with Gasteiger partial charge in [0, 0.05) is 6.92 Å². The number of nitriles is 1. The molecule has 0 bridgehead atoms. The van der Waals surface area contributed by atoms with Crippen molar-refractivity contribution in [2.45, 2.75) is 32.6 Å². The Hall–Kier alpha value is -1.37. The van der Waals surface area contributed by atoms with Crippen LogP contribution in [0.15, 0.2) is 5.16 Å². The Labute approximate surface area is 77.2 Å². The van der Waals surface area contributed by atoms with E-state index in [1.165, 1.54) is 6.92 Å². The highest BCUT2D eigenvalue weighted by Crippen LogP contribution is 2.21. The van der Waals surface area contributed by atoms with Crippen molar-refractivity contribution in [2.24, 2.45) is 11.1 Å². The van der Waals surface area contributed by atoms with Gasteiger partial charge in [-0.1, -0.05) is 11.6 Å². The first-order valence-corrected chi connectivity index (χ1v) is 4.38. The van der Waals surface area contributed by atoms with Gasteiger partial charge in [-0.05, 0) is 19.3 Å². The molecule has 0 aromatic carbocycles. The van der Waals surface area contributed by atoms with Crippen LogP contribution in [0.3, 0.4) is 0 Å². The molecule has 1 aliphatic carbocycles. The summed E-state index contributed by atoms with van der Waals surface area (Å²) in [6.07, 6.45) is 3.68. The van der Waals surface area contributed by atoms with Gasteiger partial charge in [-0.15, -0.1) is 0 Å². The molecule has 0 saturated heterocycles. The monoisotopic (exact) mass is 180 g/mol. The third kappa shape index (κ3) is 2.86. The molecule has 1 saturated carbocycles. The zero-order chi connectivity index (χ0) is 9.68. The van der Waals surface area contributed by atoms with Gasteiger partial charge in [0.25, 0.3) is 0 Å². The summed E-state index contributed by atoms with van der Waals surface area (Å²) in [4.78, 5) is 15.0. The second-order valence-corrected chi connectivity index (χ2v) is 3.09. The van der Waals surface area contributed by atoms with Crippen LogP contribution in [0, 0.1) is 17.2 Å². The summed E-state index contributed by atoms with van der Waals surface area (Å²) >= 11 is 0. The summed E-state index contributed by atoms with van der Waals surface area (Å²) < 4.78 is 0. The number of hydrogen-bond acceptors (Lipinski definition) is 4.